The van der Waals surface area contributed by atoms with Crippen LogP contribution in [0.15, 0.2) is 0 Å². The Labute approximate surface area is 150 Å². The summed E-state index contributed by atoms with van der Waals surface area (Å²) in [6.45, 7) is 4.71. The molecule has 1 aromatic rings. The average molecular weight is 368 g/mol. The summed E-state index contributed by atoms with van der Waals surface area (Å²) in [5.74, 6) is 0.0367. The molecule has 2 aliphatic heterocycles. The van der Waals surface area contributed by atoms with Crippen molar-refractivity contribution in [3.8, 4) is 0 Å². The summed E-state index contributed by atoms with van der Waals surface area (Å²) in [6, 6.07) is 0. The number of amides is 1. The van der Waals surface area contributed by atoms with Crippen molar-refractivity contribution in [1.29, 1.82) is 0 Å². The minimum atomic E-state index is -4.14. The zero-order valence-electron chi connectivity index (χ0n) is 14.8. The zero-order chi connectivity index (χ0) is 18.5. The maximum absolute atomic E-state index is 12.9. The first-order valence-electron chi connectivity index (χ1n) is 9.30. The Morgan fingerprint density at radius 2 is 1.77 bits per heavy atom. The second-order valence-electron chi connectivity index (χ2n) is 7.64. The van der Waals surface area contributed by atoms with Gasteiger partial charge in [-0.2, -0.15) is 13.2 Å². The number of aromatic nitrogens is 2. The molecule has 3 aliphatic rings. The van der Waals surface area contributed by atoms with Gasteiger partial charge in [0.05, 0.1) is 24.7 Å². The van der Waals surface area contributed by atoms with Crippen molar-refractivity contribution in [2.24, 2.45) is 11.8 Å². The van der Waals surface area contributed by atoms with E-state index in [-0.39, 0.29) is 24.7 Å². The lowest BCUT2D eigenvalue weighted by molar-refractivity contribution is -0.185. The molecule has 0 radical (unpaired) electrons. The minimum absolute atomic E-state index is 0.0316. The van der Waals surface area contributed by atoms with Crippen LogP contribution in [-0.4, -0.2) is 40.0 Å². The molecule has 2 fully saturated rings. The molecule has 5 nitrogen and oxygen atoms in total. The molecular weight excluding hydrogens is 345 g/mol. The van der Waals surface area contributed by atoms with Crippen LogP contribution in [0.3, 0.4) is 0 Å². The van der Waals surface area contributed by atoms with Crippen molar-refractivity contribution < 1.29 is 18.0 Å². The molecule has 0 bridgehead atoms. The third-order valence-electron chi connectivity index (χ3n) is 5.88. The molecule has 0 atom stereocenters. The maximum Gasteiger partial charge on any atom is 0.391 e. The van der Waals surface area contributed by atoms with Gasteiger partial charge in [0.2, 0.25) is 5.91 Å². The quantitative estimate of drug-likeness (QED) is 0.804. The Kier molecular flexibility index (Phi) is 4.31. The molecule has 1 amide bonds. The number of hydrogen-bond donors (Lipinski definition) is 0. The monoisotopic (exact) mass is 368 g/mol. The van der Waals surface area contributed by atoms with Crippen LogP contribution in [0.4, 0.5) is 19.0 Å². The number of fused-ring (bicyclic) bond motifs is 1. The number of carbonyl (C=O) groups is 1. The van der Waals surface area contributed by atoms with E-state index in [0.717, 1.165) is 36.6 Å². The van der Waals surface area contributed by atoms with Crippen LogP contribution in [0.25, 0.3) is 0 Å². The van der Waals surface area contributed by atoms with Crippen molar-refractivity contribution in [2.45, 2.75) is 58.3 Å². The lowest BCUT2D eigenvalue weighted by Gasteiger charge is -2.33. The molecular formula is C18H23F3N4O. The molecule has 1 saturated heterocycles. The van der Waals surface area contributed by atoms with Gasteiger partial charge in [0.1, 0.15) is 11.6 Å². The van der Waals surface area contributed by atoms with Gasteiger partial charge in [-0.3, -0.25) is 4.79 Å². The van der Waals surface area contributed by atoms with E-state index in [1.54, 1.807) is 4.90 Å². The normalized spacial score (nSPS) is 25.8. The van der Waals surface area contributed by atoms with Gasteiger partial charge in [0.25, 0.3) is 0 Å². The summed E-state index contributed by atoms with van der Waals surface area (Å²) in [5.41, 5.74) is 1.89. The van der Waals surface area contributed by atoms with E-state index < -0.39 is 12.1 Å². The Morgan fingerprint density at radius 1 is 1.08 bits per heavy atom. The Morgan fingerprint density at radius 3 is 2.35 bits per heavy atom. The Balaban J connectivity index is 1.44. The third kappa shape index (κ3) is 3.14. The van der Waals surface area contributed by atoms with E-state index in [4.69, 9.17) is 0 Å². The molecule has 1 aromatic heterocycles. The van der Waals surface area contributed by atoms with Gasteiger partial charge >= 0.3 is 6.18 Å². The summed E-state index contributed by atoms with van der Waals surface area (Å²) in [6.07, 6.45) is -2.25. The number of nitrogens with zero attached hydrogens (tertiary/aromatic N) is 4. The highest BCUT2D eigenvalue weighted by Gasteiger charge is 2.43. The summed E-state index contributed by atoms with van der Waals surface area (Å²) < 4.78 is 38.5. The van der Waals surface area contributed by atoms with Gasteiger partial charge in [-0.1, -0.05) is 0 Å². The molecule has 0 N–H and O–H groups in total. The number of alkyl halides is 3. The summed E-state index contributed by atoms with van der Waals surface area (Å²) in [5, 5.41) is 0. The molecule has 0 aromatic carbocycles. The predicted octanol–water partition coefficient (Wildman–Crippen LogP) is 3.21. The van der Waals surface area contributed by atoms with E-state index in [9.17, 15) is 18.0 Å². The van der Waals surface area contributed by atoms with Crippen molar-refractivity contribution in [3.63, 3.8) is 0 Å². The number of hydrogen-bond acceptors (Lipinski definition) is 4. The van der Waals surface area contributed by atoms with Gasteiger partial charge in [-0.05, 0) is 39.0 Å². The topological polar surface area (TPSA) is 49.3 Å². The first-order valence-corrected chi connectivity index (χ1v) is 9.30. The molecule has 8 heteroatoms. The third-order valence-corrected chi connectivity index (χ3v) is 5.88. The molecule has 1 saturated carbocycles. The largest absolute Gasteiger partial charge is 0.391 e. The van der Waals surface area contributed by atoms with Gasteiger partial charge in [0, 0.05) is 24.6 Å². The maximum atomic E-state index is 12.9. The number of carbonyl (C=O) groups excluding carboxylic acids is 1. The van der Waals surface area contributed by atoms with Crippen molar-refractivity contribution >= 4 is 11.7 Å². The molecule has 142 valence electrons. The van der Waals surface area contributed by atoms with Gasteiger partial charge < -0.3 is 9.80 Å². The first-order chi connectivity index (χ1) is 12.3. The van der Waals surface area contributed by atoms with E-state index in [1.165, 1.54) is 0 Å². The fourth-order valence-corrected chi connectivity index (χ4v) is 4.23. The fourth-order valence-electron chi connectivity index (χ4n) is 4.23. The summed E-state index contributed by atoms with van der Waals surface area (Å²) >= 11 is 0. The number of aryl methyl sites for hydroxylation is 1. The molecule has 0 unspecified atom stereocenters. The molecule has 3 heterocycles. The molecule has 4 rings (SSSR count). The highest BCUT2D eigenvalue weighted by Crippen LogP contribution is 2.41. The van der Waals surface area contributed by atoms with E-state index in [0.29, 0.717) is 31.8 Å². The van der Waals surface area contributed by atoms with E-state index in [2.05, 4.69) is 14.9 Å². The van der Waals surface area contributed by atoms with Crippen LogP contribution in [0, 0.1) is 18.8 Å². The molecule has 1 aliphatic carbocycles. The molecule has 26 heavy (non-hydrogen) atoms. The van der Waals surface area contributed by atoms with Gasteiger partial charge in [-0.25, -0.2) is 9.97 Å². The van der Waals surface area contributed by atoms with Crippen LogP contribution < -0.4 is 4.90 Å². The lowest BCUT2D eigenvalue weighted by atomic mass is 9.81. The Bertz CT molecular complexity index is 709. The summed E-state index contributed by atoms with van der Waals surface area (Å²) in [4.78, 5) is 25.9. The minimum Gasteiger partial charge on any atom is -0.356 e. The van der Waals surface area contributed by atoms with Crippen molar-refractivity contribution in [1.82, 2.24) is 14.9 Å². The SMILES string of the molecule is Cc1nc2c(c(N3CCC3)n1)CN(C(=O)[C@H]1CC[C@H](C(F)(F)F)CC1)C2. The van der Waals surface area contributed by atoms with E-state index in [1.807, 2.05) is 6.92 Å². The second-order valence-corrected chi connectivity index (χ2v) is 7.64. The highest BCUT2D eigenvalue weighted by molar-refractivity contribution is 5.80. The van der Waals surface area contributed by atoms with Crippen LogP contribution in [-0.2, 0) is 17.9 Å². The average Bonchev–Trinajstić information content (AvgIpc) is 2.95. The van der Waals surface area contributed by atoms with Crippen molar-refractivity contribution in [2.75, 3.05) is 18.0 Å². The van der Waals surface area contributed by atoms with Gasteiger partial charge in [-0.15, -0.1) is 0 Å². The van der Waals surface area contributed by atoms with E-state index >= 15 is 0 Å². The van der Waals surface area contributed by atoms with Crippen LogP contribution in [0.1, 0.15) is 49.2 Å². The second kappa shape index (κ2) is 6.39. The number of rotatable bonds is 2. The zero-order valence-corrected chi connectivity index (χ0v) is 14.8. The van der Waals surface area contributed by atoms with Crippen molar-refractivity contribution in [3.05, 3.63) is 17.1 Å². The Hall–Kier alpha value is -1.86. The van der Waals surface area contributed by atoms with Crippen LogP contribution >= 0.6 is 0 Å². The summed E-state index contributed by atoms with van der Waals surface area (Å²) in [7, 11) is 0. The van der Waals surface area contributed by atoms with Crippen LogP contribution in [0.2, 0.25) is 0 Å². The van der Waals surface area contributed by atoms with Gasteiger partial charge in [0.15, 0.2) is 0 Å². The standard InChI is InChI=1S/C18H23F3N4O/c1-11-22-15-10-25(9-14(15)16(23-11)24-7-2-8-24)17(26)12-3-5-13(6-4-12)18(19,20)21/h12-13H,2-10H2,1H3/t12-,13-. The first kappa shape index (κ1) is 17.5. The smallest absolute Gasteiger partial charge is 0.356 e. The predicted molar refractivity (Wildman–Crippen MR) is 89.4 cm³/mol. The highest BCUT2D eigenvalue weighted by atomic mass is 19.4. The fraction of sp³-hybridized carbons (Fsp3) is 0.722. The number of anilines is 1. The van der Waals surface area contributed by atoms with Crippen LogP contribution in [0.5, 0.6) is 0 Å². The molecule has 0 spiro atoms. The number of halogens is 3. The lowest BCUT2D eigenvalue weighted by Crippen LogP contribution is -2.39.